The van der Waals surface area contributed by atoms with E-state index in [-0.39, 0.29) is 11.5 Å². The summed E-state index contributed by atoms with van der Waals surface area (Å²) in [5.41, 5.74) is 1.57. The molecule has 0 saturated carbocycles. The Morgan fingerprint density at radius 1 is 1.19 bits per heavy atom. The fourth-order valence-electron chi connectivity index (χ4n) is 1.83. The molecule has 0 spiro atoms. The fourth-order valence-corrected chi connectivity index (χ4v) is 1.83. The number of anilines is 1. The number of furan rings is 1. The number of hydrogen-bond acceptors (Lipinski definition) is 4. The third-order valence-corrected chi connectivity index (χ3v) is 2.88. The maximum Gasteiger partial charge on any atom is 0.371 e. The number of ether oxygens (including phenoxy) is 1. The van der Waals surface area contributed by atoms with Crippen LogP contribution in [0.15, 0.2) is 40.8 Å². The van der Waals surface area contributed by atoms with Crippen LogP contribution in [-0.4, -0.2) is 30.7 Å². The molecule has 110 valence electrons. The minimum atomic E-state index is -1.21. The van der Waals surface area contributed by atoms with Gasteiger partial charge in [-0.1, -0.05) is 18.2 Å². The van der Waals surface area contributed by atoms with Crippen LogP contribution in [-0.2, 0) is 11.2 Å². The summed E-state index contributed by atoms with van der Waals surface area (Å²) in [6.07, 6.45) is 0.658. The van der Waals surface area contributed by atoms with E-state index in [1.165, 1.54) is 12.1 Å². The fraction of sp³-hybridized carbons (Fsp3) is 0.200. The van der Waals surface area contributed by atoms with E-state index in [2.05, 4.69) is 5.32 Å². The Kier molecular flexibility index (Phi) is 4.73. The first-order valence-electron chi connectivity index (χ1n) is 6.33. The lowest BCUT2D eigenvalue weighted by Crippen LogP contribution is -2.13. The van der Waals surface area contributed by atoms with Crippen molar-refractivity contribution in [1.29, 1.82) is 0 Å². The van der Waals surface area contributed by atoms with Crippen molar-refractivity contribution in [3.05, 3.63) is 53.5 Å². The van der Waals surface area contributed by atoms with Crippen molar-refractivity contribution in [2.75, 3.05) is 19.0 Å². The summed E-state index contributed by atoms with van der Waals surface area (Å²) >= 11 is 0. The summed E-state index contributed by atoms with van der Waals surface area (Å²) in [6, 6.07) is 9.90. The highest BCUT2D eigenvalue weighted by Crippen LogP contribution is 2.17. The molecule has 0 aliphatic heterocycles. The molecule has 1 amide bonds. The lowest BCUT2D eigenvalue weighted by atomic mass is 10.1. The van der Waals surface area contributed by atoms with Gasteiger partial charge in [-0.15, -0.1) is 0 Å². The van der Waals surface area contributed by atoms with E-state index < -0.39 is 11.9 Å². The van der Waals surface area contributed by atoms with Gasteiger partial charge in [0, 0.05) is 12.8 Å². The molecule has 0 bridgehead atoms. The number of rotatable bonds is 6. The van der Waals surface area contributed by atoms with Crippen LogP contribution in [0, 0.1) is 0 Å². The molecule has 0 fully saturated rings. The zero-order valence-corrected chi connectivity index (χ0v) is 11.5. The monoisotopic (exact) mass is 289 g/mol. The molecule has 0 atom stereocenters. The van der Waals surface area contributed by atoms with Gasteiger partial charge in [0.1, 0.15) is 0 Å². The third-order valence-electron chi connectivity index (χ3n) is 2.88. The largest absolute Gasteiger partial charge is 0.475 e. The standard InChI is InChI=1S/C15H15NO5/c1-20-9-8-10-4-2-3-5-11(10)16-14(17)12-6-7-13(21-12)15(18)19/h2-7H,8-9H2,1H3,(H,16,17)(H,18,19). The Hall–Kier alpha value is -2.60. The Morgan fingerprint density at radius 2 is 1.90 bits per heavy atom. The third kappa shape index (κ3) is 3.70. The number of aromatic carboxylic acids is 1. The number of methoxy groups -OCH3 is 1. The van der Waals surface area contributed by atoms with Crippen LogP contribution in [0.1, 0.15) is 26.7 Å². The second-order valence-electron chi connectivity index (χ2n) is 4.32. The minimum absolute atomic E-state index is 0.0473. The maximum atomic E-state index is 12.0. The van der Waals surface area contributed by atoms with E-state index in [0.29, 0.717) is 18.7 Å². The first kappa shape index (κ1) is 14.8. The number of carboxylic acid groups (broad SMARTS) is 1. The van der Waals surface area contributed by atoms with Crippen LogP contribution >= 0.6 is 0 Å². The van der Waals surface area contributed by atoms with Crippen molar-refractivity contribution < 1.29 is 23.8 Å². The van der Waals surface area contributed by atoms with Crippen molar-refractivity contribution in [3.63, 3.8) is 0 Å². The number of carbonyl (C=O) groups excluding carboxylic acids is 1. The van der Waals surface area contributed by atoms with E-state index in [1.54, 1.807) is 19.2 Å². The van der Waals surface area contributed by atoms with E-state index in [1.807, 2.05) is 12.1 Å². The van der Waals surface area contributed by atoms with E-state index in [9.17, 15) is 9.59 Å². The molecule has 1 aromatic carbocycles. The second kappa shape index (κ2) is 6.71. The summed E-state index contributed by atoms with van der Waals surface area (Å²) in [7, 11) is 1.61. The van der Waals surface area contributed by atoms with Gasteiger partial charge in [0.2, 0.25) is 5.76 Å². The molecule has 0 saturated heterocycles. The van der Waals surface area contributed by atoms with E-state index >= 15 is 0 Å². The predicted octanol–water partition coefficient (Wildman–Crippen LogP) is 2.42. The summed E-state index contributed by atoms with van der Waals surface area (Å²) in [6.45, 7) is 0.538. The predicted molar refractivity (Wildman–Crippen MR) is 75.6 cm³/mol. The summed E-state index contributed by atoms with van der Waals surface area (Å²) < 4.78 is 9.99. The van der Waals surface area contributed by atoms with Gasteiger partial charge in [-0.2, -0.15) is 0 Å². The van der Waals surface area contributed by atoms with Gasteiger partial charge in [-0.3, -0.25) is 4.79 Å². The van der Waals surface area contributed by atoms with Crippen LogP contribution in [0.3, 0.4) is 0 Å². The van der Waals surface area contributed by atoms with E-state index in [0.717, 1.165) is 5.56 Å². The van der Waals surface area contributed by atoms with Gasteiger partial charge >= 0.3 is 5.97 Å². The first-order valence-corrected chi connectivity index (χ1v) is 6.33. The van der Waals surface area contributed by atoms with Crippen molar-refractivity contribution >= 4 is 17.6 Å². The lowest BCUT2D eigenvalue weighted by Gasteiger charge is -2.09. The molecule has 0 unspecified atom stereocenters. The molecular formula is C15H15NO5. The first-order chi connectivity index (χ1) is 10.1. The van der Waals surface area contributed by atoms with Crippen molar-refractivity contribution in [2.24, 2.45) is 0 Å². The summed E-state index contributed by atoms with van der Waals surface area (Å²) in [5.74, 6) is -2.02. The van der Waals surface area contributed by atoms with Gasteiger partial charge in [0.15, 0.2) is 5.76 Å². The zero-order chi connectivity index (χ0) is 15.2. The number of carboxylic acids is 1. The van der Waals surface area contributed by atoms with Crippen molar-refractivity contribution in [2.45, 2.75) is 6.42 Å². The number of benzene rings is 1. The molecular weight excluding hydrogens is 274 g/mol. The average Bonchev–Trinajstić information content (AvgIpc) is 2.96. The Bertz CT molecular complexity index is 647. The van der Waals surface area contributed by atoms with Crippen LogP contribution in [0.4, 0.5) is 5.69 Å². The van der Waals surface area contributed by atoms with Gasteiger partial charge in [0.05, 0.1) is 6.61 Å². The molecule has 0 radical (unpaired) electrons. The molecule has 21 heavy (non-hydrogen) atoms. The van der Waals surface area contributed by atoms with E-state index in [4.69, 9.17) is 14.3 Å². The van der Waals surface area contributed by atoms with Crippen LogP contribution < -0.4 is 5.32 Å². The van der Waals surface area contributed by atoms with Crippen LogP contribution in [0.25, 0.3) is 0 Å². The van der Waals surface area contributed by atoms with Crippen molar-refractivity contribution in [3.8, 4) is 0 Å². The van der Waals surface area contributed by atoms with Gasteiger partial charge in [-0.25, -0.2) is 4.79 Å². The summed E-state index contributed by atoms with van der Waals surface area (Å²) in [4.78, 5) is 22.8. The highest BCUT2D eigenvalue weighted by Gasteiger charge is 2.15. The van der Waals surface area contributed by atoms with Crippen LogP contribution in [0.5, 0.6) is 0 Å². The number of carbonyl (C=O) groups is 2. The van der Waals surface area contributed by atoms with Gasteiger partial charge < -0.3 is 19.6 Å². The number of nitrogens with one attached hydrogen (secondary N) is 1. The number of hydrogen-bond donors (Lipinski definition) is 2. The molecule has 0 aliphatic carbocycles. The van der Waals surface area contributed by atoms with Crippen LogP contribution in [0.2, 0.25) is 0 Å². The second-order valence-corrected chi connectivity index (χ2v) is 4.32. The Labute approximate surface area is 121 Å². The molecule has 2 aromatic rings. The molecule has 0 aliphatic rings. The Balaban J connectivity index is 2.13. The quantitative estimate of drug-likeness (QED) is 0.852. The normalized spacial score (nSPS) is 10.3. The molecule has 6 nitrogen and oxygen atoms in total. The zero-order valence-electron chi connectivity index (χ0n) is 11.5. The molecule has 1 aromatic heterocycles. The topological polar surface area (TPSA) is 88.8 Å². The lowest BCUT2D eigenvalue weighted by molar-refractivity contribution is 0.0660. The highest BCUT2D eigenvalue weighted by atomic mass is 16.5. The number of para-hydroxylation sites is 1. The molecule has 2 rings (SSSR count). The average molecular weight is 289 g/mol. The summed E-state index contributed by atoms with van der Waals surface area (Å²) in [5, 5.41) is 11.5. The highest BCUT2D eigenvalue weighted by molar-refractivity contribution is 6.03. The Morgan fingerprint density at radius 3 is 2.57 bits per heavy atom. The smallest absolute Gasteiger partial charge is 0.371 e. The molecule has 1 heterocycles. The van der Waals surface area contributed by atoms with Gasteiger partial charge in [-0.05, 0) is 30.2 Å². The maximum absolute atomic E-state index is 12.0. The minimum Gasteiger partial charge on any atom is -0.475 e. The molecule has 2 N–H and O–H groups in total. The SMILES string of the molecule is COCCc1ccccc1NC(=O)c1ccc(C(=O)O)o1. The van der Waals surface area contributed by atoms with Gasteiger partial charge in [0.25, 0.3) is 5.91 Å². The number of amides is 1. The van der Waals surface area contributed by atoms with Crippen molar-refractivity contribution in [1.82, 2.24) is 0 Å². The molecule has 6 heteroatoms.